The molecule has 0 radical (unpaired) electrons. The van der Waals surface area contributed by atoms with Crippen LogP contribution < -0.4 is 5.32 Å². The number of fused-ring (bicyclic) bond motifs is 2. The van der Waals surface area contributed by atoms with E-state index in [2.05, 4.69) is 47.8 Å². The SMILES string of the molecule is C=C(NCC(C)CN1CCC2=CC(C)CC=C2C1)c1cn2cc(C(F)F)ccc2n1. The van der Waals surface area contributed by atoms with Crippen LogP contribution in [0.15, 0.2) is 54.4 Å². The first kappa shape index (κ1) is 20.8. The van der Waals surface area contributed by atoms with Gasteiger partial charge in [-0.05, 0) is 48.0 Å². The van der Waals surface area contributed by atoms with Gasteiger partial charge in [0.05, 0.1) is 5.70 Å². The molecule has 1 aliphatic carbocycles. The number of nitrogens with zero attached hydrogens (tertiary/aromatic N) is 3. The molecule has 6 heteroatoms. The topological polar surface area (TPSA) is 32.6 Å². The normalized spacial score (nSPS) is 20.6. The lowest BCUT2D eigenvalue weighted by atomic mass is 9.87. The molecular formula is C24H30F2N4. The molecule has 1 N–H and O–H groups in total. The van der Waals surface area contributed by atoms with Gasteiger partial charge in [-0.2, -0.15) is 0 Å². The van der Waals surface area contributed by atoms with Crippen molar-refractivity contribution >= 4 is 11.3 Å². The largest absolute Gasteiger partial charge is 0.383 e. The highest BCUT2D eigenvalue weighted by molar-refractivity contribution is 5.61. The molecule has 30 heavy (non-hydrogen) atoms. The molecule has 3 heterocycles. The van der Waals surface area contributed by atoms with Crippen LogP contribution in [0.2, 0.25) is 0 Å². The maximum absolute atomic E-state index is 12.9. The van der Waals surface area contributed by atoms with E-state index in [4.69, 9.17) is 0 Å². The molecule has 0 aromatic carbocycles. The van der Waals surface area contributed by atoms with Gasteiger partial charge in [-0.15, -0.1) is 0 Å². The van der Waals surface area contributed by atoms with Crippen molar-refractivity contribution in [3.8, 4) is 0 Å². The summed E-state index contributed by atoms with van der Waals surface area (Å²) in [5.74, 6) is 1.13. The van der Waals surface area contributed by atoms with Gasteiger partial charge in [-0.25, -0.2) is 13.8 Å². The minimum absolute atomic E-state index is 0.0132. The molecule has 1 saturated heterocycles. The van der Waals surface area contributed by atoms with Gasteiger partial charge < -0.3 is 9.72 Å². The van der Waals surface area contributed by atoms with Crippen molar-refractivity contribution in [1.82, 2.24) is 19.6 Å². The summed E-state index contributed by atoms with van der Waals surface area (Å²) in [5, 5.41) is 3.38. The van der Waals surface area contributed by atoms with E-state index < -0.39 is 6.43 Å². The molecule has 2 aromatic heterocycles. The van der Waals surface area contributed by atoms with Crippen LogP contribution in [0, 0.1) is 11.8 Å². The van der Waals surface area contributed by atoms with Crippen LogP contribution in [0.25, 0.3) is 11.3 Å². The Kier molecular flexibility index (Phi) is 6.04. The fourth-order valence-electron chi connectivity index (χ4n) is 4.32. The molecular weight excluding hydrogens is 382 g/mol. The van der Waals surface area contributed by atoms with Gasteiger partial charge >= 0.3 is 0 Å². The van der Waals surface area contributed by atoms with E-state index in [0.29, 0.717) is 23.2 Å². The Morgan fingerprint density at radius 3 is 2.93 bits per heavy atom. The number of piperidine rings is 1. The predicted molar refractivity (Wildman–Crippen MR) is 117 cm³/mol. The van der Waals surface area contributed by atoms with E-state index >= 15 is 0 Å². The number of rotatable bonds is 7. The molecule has 1 fully saturated rings. The minimum atomic E-state index is -2.49. The lowest BCUT2D eigenvalue weighted by Crippen LogP contribution is -2.38. The molecule has 2 atom stereocenters. The Balaban J connectivity index is 1.30. The van der Waals surface area contributed by atoms with E-state index in [1.165, 1.54) is 17.8 Å². The fourth-order valence-corrected chi connectivity index (χ4v) is 4.32. The third-order valence-electron chi connectivity index (χ3n) is 5.99. The van der Waals surface area contributed by atoms with Crippen molar-refractivity contribution in [3.63, 3.8) is 0 Å². The summed E-state index contributed by atoms with van der Waals surface area (Å²) < 4.78 is 27.4. The first-order valence-electron chi connectivity index (χ1n) is 10.7. The first-order valence-corrected chi connectivity index (χ1v) is 10.7. The van der Waals surface area contributed by atoms with Gasteiger partial charge in [0, 0.05) is 44.1 Å². The molecule has 2 aliphatic rings. The molecule has 0 bridgehead atoms. The lowest BCUT2D eigenvalue weighted by molar-refractivity contribution is 0.151. The van der Waals surface area contributed by atoms with Crippen molar-refractivity contribution in [2.24, 2.45) is 11.8 Å². The molecule has 0 amide bonds. The number of hydrogen-bond acceptors (Lipinski definition) is 3. The highest BCUT2D eigenvalue weighted by atomic mass is 19.3. The zero-order valence-corrected chi connectivity index (χ0v) is 17.7. The summed E-state index contributed by atoms with van der Waals surface area (Å²) in [5.41, 5.74) is 5.08. The number of aromatic nitrogens is 2. The minimum Gasteiger partial charge on any atom is -0.383 e. The Labute approximate surface area is 177 Å². The number of imidazole rings is 1. The van der Waals surface area contributed by atoms with Crippen molar-refractivity contribution in [3.05, 3.63) is 65.7 Å². The van der Waals surface area contributed by atoms with Crippen molar-refractivity contribution < 1.29 is 8.78 Å². The number of hydrogen-bond donors (Lipinski definition) is 1. The van der Waals surface area contributed by atoms with Gasteiger partial charge in [0.15, 0.2) is 0 Å². The van der Waals surface area contributed by atoms with E-state index in [0.717, 1.165) is 44.7 Å². The predicted octanol–water partition coefficient (Wildman–Crippen LogP) is 5.07. The highest BCUT2D eigenvalue weighted by Crippen LogP contribution is 2.29. The number of allylic oxidation sites excluding steroid dienone is 2. The van der Waals surface area contributed by atoms with Gasteiger partial charge in [-0.1, -0.05) is 32.6 Å². The van der Waals surface area contributed by atoms with Crippen LogP contribution >= 0.6 is 0 Å². The van der Waals surface area contributed by atoms with Crippen LogP contribution in [0.3, 0.4) is 0 Å². The molecule has 160 valence electrons. The van der Waals surface area contributed by atoms with Crippen LogP contribution in [0.4, 0.5) is 8.78 Å². The average molecular weight is 413 g/mol. The molecule has 2 aromatic rings. The second-order valence-corrected chi connectivity index (χ2v) is 8.74. The summed E-state index contributed by atoms with van der Waals surface area (Å²) in [6.45, 7) is 12.6. The zero-order chi connectivity index (χ0) is 21.3. The van der Waals surface area contributed by atoms with Gasteiger partial charge in [0.2, 0.25) is 0 Å². The number of halogens is 2. The van der Waals surface area contributed by atoms with Crippen LogP contribution in [0.5, 0.6) is 0 Å². The van der Waals surface area contributed by atoms with Crippen LogP contribution in [-0.4, -0.2) is 40.5 Å². The van der Waals surface area contributed by atoms with Crippen molar-refractivity contribution in [2.45, 2.75) is 33.1 Å². The molecule has 0 saturated carbocycles. The van der Waals surface area contributed by atoms with E-state index in [9.17, 15) is 8.78 Å². The number of pyridine rings is 1. The second kappa shape index (κ2) is 8.72. The maximum atomic E-state index is 12.9. The average Bonchev–Trinajstić information content (AvgIpc) is 3.15. The number of alkyl halides is 2. The standard InChI is InChI=1S/C24H30F2N4/c1-16-4-5-20-13-29(9-8-19(20)10-16)12-17(2)11-27-18(3)22-15-30-14-21(24(25)26)6-7-23(30)28-22/h5-7,10,14-17,24,27H,3-4,8-9,11-13H2,1-2H3. The van der Waals surface area contributed by atoms with Gasteiger partial charge in [-0.3, -0.25) is 4.90 Å². The lowest BCUT2D eigenvalue weighted by Gasteiger charge is -2.34. The van der Waals surface area contributed by atoms with Crippen LogP contribution in [0.1, 0.15) is 44.4 Å². The third kappa shape index (κ3) is 4.64. The van der Waals surface area contributed by atoms with Crippen molar-refractivity contribution in [1.29, 1.82) is 0 Å². The Morgan fingerprint density at radius 2 is 2.13 bits per heavy atom. The van der Waals surface area contributed by atoms with Gasteiger partial charge in [0.1, 0.15) is 11.3 Å². The highest BCUT2D eigenvalue weighted by Gasteiger charge is 2.22. The summed E-state index contributed by atoms with van der Waals surface area (Å²) in [7, 11) is 0. The molecule has 2 unspecified atom stereocenters. The first-order chi connectivity index (χ1) is 14.4. The molecule has 1 aliphatic heterocycles. The van der Waals surface area contributed by atoms with Gasteiger partial charge in [0.25, 0.3) is 6.43 Å². The maximum Gasteiger partial charge on any atom is 0.265 e. The second-order valence-electron chi connectivity index (χ2n) is 8.74. The van der Waals surface area contributed by atoms with Crippen molar-refractivity contribution in [2.75, 3.05) is 26.2 Å². The molecule has 4 rings (SSSR count). The van der Waals surface area contributed by atoms with E-state index in [-0.39, 0.29) is 5.56 Å². The fraction of sp³-hybridized carbons (Fsp3) is 0.458. The Morgan fingerprint density at radius 1 is 1.30 bits per heavy atom. The van der Waals surface area contributed by atoms with E-state index in [1.807, 2.05) is 0 Å². The van der Waals surface area contributed by atoms with E-state index in [1.54, 1.807) is 22.2 Å². The summed E-state index contributed by atoms with van der Waals surface area (Å²) >= 11 is 0. The third-order valence-corrected chi connectivity index (χ3v) is 5.99. The summed E-state index contributed by atoms with van der Waals surface area (Å²) in [6, 6.07) is 3.03. The Bertz CT molecular complexity index is 988. The molecule has 4 nitrogen and oxygen atoms in total. The summed E-state index contributed by atoms with van der Waals surface area (Å²) in [6.07, 6.45) is 7.84. The smallest absolute Gasteiger partial charge is 0.265 e. The monoisotopic (exact) mass is 412 g/mol. The quantitative estimate of drug-likeness (QED) is 0.689. The number of likely N-dealkylation sites (tertiary alicyclic amines) is 1. The zero-order valence-electron chi connectivity index (χ0n) is 17.7. The van der Waals surface area contributed by atoms with Crippen LogP contribution in [-0.2, 0) is 0 Å². The number of nitrogens with one attached hydrogen (secondary N) is 1. The summed E-state index contributed by atoms with van der Waals surface area (Å²) in [4.78, 5) is 7.02. The molecule has 0 spiro atoms. The Hall–Kier alpha value is -2.47.